The first-order valence-corrected chi connectivity index (χ1v) is 8.56. The molecule has 1 N–H and O–H groups in total. The van der Waals surface area contributed by atoms with Crippen molar-refractivity contribution in [2.45, 2.75) is 19.9 Å². The molecule has 0 bridgehead atoms. The molecule has 0 aliphatic rings. The van der Waals surface area contributed by atoms with Gasteiger partial charge in [0.15, 0.2) is 11.6 Å². The number of aromatic nitrogens is 5. The topological polar surface area (TPSA) is 137 Å². The van der Waals surface area contributed by atoms with Crippen LogP contribution in [0.3, 0.4) is 0 Å². The number of hydrogen-bond acceptors (Lipinski definition) is 9. The summed E-state index contributed by atoms with van der Waals surface area (Å²) in [4.78, 5) is 36.9. The summed E-state index contributed by atoms with van der Waals surface area (Å²) in [6.07, 6.45) is 3.08. The molecule has 0 saturated carbocycles. The zero-order valence-corrected chi connectivity index (χ0v) is 16.0. The van der Waals surface area contributed by atoms with Crippen LogP contribution in [-0.4, -0.2) is 49.6 Å². The number of benzene rings is 1. The number of hydrogen-bond donors (Lipinski definition) is 1. The van der Waals surface area contributed by atoms with Crippen molar-refractivity contribution in [1.29, 1.82) is 0 Å². The lowest BCUT2D eigenvalue weighted by Crippen LogP contribution is -2.32. The summed E-state index contributed by atoms with van der Waals surface area (Å²) in [5.74, 6) is 0.00951. The average Bonchev–Trinajstić information content (AvgIpc) is 3.09. The average molecular weight is 394 g/mol. The van der Waals surface area contributed by atoms with Crippen LogP contribution in [0, 0.1) is 6.92 Å². The van der Waals surface area contributed by atoms with Gasteiger partial charge < -0.3 is 10.1 Å². The molecule has 0 aliphatic carbocycles. The Kier molecular flexibility index (Phi) is 5.97. The maximum atomic E-state index is 12.6. The number of azo groups is 1. The Morgan fingerprint density at radius 1 is 1.17 bits per heavy atom. The highest BCUT2D eigenvalue weighted by atomic mass is 16.5. The molecule has 148 valence electrons. The standard InChI is InChI=1S/C18H18N8O3/c1-11(27)15(16(28)22-13-7-4-5-8-14(13)29-3)23-24-18-21-12(2)25-26(18)17-19-9-6-10-20-17/h4-10,15H,1-3H3,(H,22,28). The molecule has 1 unspecified atom stereocenters. The minimum absolute atomic E-state index is 0.0463. The second-order valence-electron chi connectivity index (χ2n) is 5.84. The zero-order chi connectivity index (χ0) is 20.8. The van der Waals surface area contributed by atoms with Crippen LogP contribution >= 0.6 is 0 Å². The molecular formula is C18H18N8O3. The molecule has 1 aromatic carbocycles. The van der Waals surface area contributed by atoms with Crippen molar-refractivity contribution in [3.63, 3.8) is 0 Å². The number of rotatable bonds is 7. The van der Waals surface area contributed by atoms with Crippen LogP contribution in [0.1, 0.15) is 12.7 Å². The third-order valence-corrected chi connectivity index (χ3v) is 3.70. The first kappa shape index (κ1) is 19.7. The van der Waals surface area contributed by atoms with E-state index >= 15 is 0 Å². The molecule has 0 aliphatic heterocycles. The van der Waals surface area contributed by atoms with Crippen molar-refractivity contribution in [2.75, 3.05) is 12.4 Å². The highest BCUT2D eigenvalue weighted by Gasteiger charge is 2.24. The molecule has 0 spiro atoms. The number of nitrogens with zero attached hydrogens (tertiary/aromatic N) is 7. The van der Waals surface area contributed by atoms with Gasteiger partial charge in [0.1, 0.15) is 5.75 Å². The van der Waals surface area contributed by atoms with E-state index in [1.165, 1.54) is 18.7 Å². The molecule has 1 amide bonds. The van der Waals surface area contributed by atoms with Gasteiger partial charge in [-0.3, -0.25) is 9.59 Å². The smallest absolute Gasteiger partial charge is 0.274 e. The number of para-hydroxylation sites is 2. The fourth-order valence-corrected chi connectivity index (χ4v) is 2.38. The molecule has 0 radical (unpaired) electrons. The van der Waals surface area contributed by atoms with E-state index in [9.17, 15) is 9.59 Å². The first-order chi connectivity index (χ1) is 14.0. The minimum Gasteiger partial charge on any atom is -0.495 e. The summed E-state index contributed by atoms with van der Waals surface area (Å²) in [7, 11) is 1.48. The van der Waals surface area contributed by atoms with Crippen molar-refractivity contribution in [2.24, 2.45) is 10.2 Å². The summed E-state index contributed by atoms with van der Waals surface area (Å²) in [6.45, 7) is 2.91. The molecule has 3 aromatic rings. The van der Waals surface area contributed by atoms with Crippen molar-refractivity contribution >= 4 is 23.3 Å². The van der Waals surface area contributed by atoms with Gasteiger partial charge in [0, 0.05) is 12.4 Å². The number of carbonyl (C=O) groups excluding carboxylic acids is 2. The van der Waals surface area contributed by atoms with Crippen LogP contribution in [0.15, 0.2) is 53.0 Å². The van der Waals surface area contributed by atoms with Crippen molar-refractivity contribution in [3.8, 4) is 11.7 Å². The van der Waals surface area contributed by atoms with E-state index in [0.29, 0.717) is 17.3 Å². The normalized spacial score (nSPS) is 12.0. The highest BCUT2D eigenvalue weighted by molar-refractivity contribution is 6.10. The third kappa shape index (κ3) is 4.64. The number of methoxy groups -OCH3 is 1. The molecule has 2 heterocycles. The fraction of sp³-hybridized carbons (Fsp3) is 0.222. The van der Waals surface area contributed by atoms with Crippen molar-refractivity contribution < 1.29 is 14.3 Å². The Bertz CT molecular complexity index is 1050. The molecule has 11 heteroatoms. The maximum Gasteiger partial charge on any atom is 0.274 e. The molecule has 29 heavy (non-hydrogen) atoms. The van der Waals surface area contributed by atoms with E-state index in [-0.39, 0.29) is 11.9 Å². The predicted octanol–water partition coefficient (Wildman–Crippen LogP) is 2.05. The summed E-state index contributed by atoms with van der Waals surface area (Å²) in [5.41, 5.74) is 0.415. The summed E-state index contributed by atoms with van der Waals surface area (Å²) in [5, 5.41) is 14.6. The number of carbonyl (C=O) groups is 2. The van der Waals surface area contributed by atoms with E-state index in [0.717, 1.165) is 0 Å². The lowest BCUT2D eigenvalue weighted by Gasteiger charge is -2.12. The fourth-order valence-electron chi connectivity index (χ4n) is 2.38. The highest BCUT2D eigenvalue weighted by Crippen LogP contribution is 2.23. The molecule has 0 saturated heterocycles. The first-order valence-electron chi connectivity index (χ1n) is 8.56. The van der Waals surface area contributed by atoms with Gasteiger partial charge in [-0.05, 0) is 32.0 Å². The lowest BCUT2D eigenvalue weighted by atomic mass is 10.2. The van der Waals surface area contributed by atoms with Crippen molar-refractivity contribution in [3.05, 3.63) is 48.5 Å². The molecule has 2 aromatic heterocycles. The molecule has 1 atom stereocenters. The second kappa shape index (κ2) is 8.78. The zero-order valence-electron chi connectivity index (χ0n) is 16.0. The number of anilines is 1. The largest absolute Gasteiger partial charge is 0.495 e. The quantitative estimate of drug-likeness (QED) is 0.478. The van der Waals surface area contributed by atoms with Crippen molar-refractivity contribution in [1.82, 2.24) is 24.7 Å². The predicted molar refractivity (Wildman–Crippen MR) is 102 cm³/mol. The Hall–Kier alpha value is -4.02. The number of aryl methyl sites for hydroxylation is 1. The Balaban J connectivity index is 1.85. The van der Waals surface area contributed by atoms with Gasteiger partial charge in [-0.1, -0.05) is 12.1 Å². The van der Waals surface area contributed by atoms with E-state index in [1.54, 1.807) is 49.6 Å². The maximum absolute atomic E-state index is 12.6. The lowest BCUT2D eigenvalue weighted by molar-refractivity contribution is -0.126. The van der Waals surface area contributed by atoms with Gasteiger partial charge in [-0.2, -0.15) is 14.8 Å². The van der Waals surface area contributed by atoms with Crippen LogP contribution in [0.4, 0.5) is 11.6 Å². The number of ketones is 1. The van der Waals surface area contributed by atoms with E-state index in [4.69, 9.17) is 4.74 Å². The Labute approximate surface area is 165 Å². The van der Waals surface area contributed by atoms with Crippen LogP contribution in [0.2, 0.25) is 0 Å². The SMILES string of the molecule is COc1ccccc1NC(=O)C(N=Nc1nc(C)nn1-c1ncccn1)C(C)=O. The van der Waals surface area contributed by atoms with E-state index in [1.807, 2.05) is 0 Å². The molecular weight excluding hydrogens is 376 g/mol. The van der Waals surface area contributed by atoms with Crippen LogP contribution in [0.25, 0.3) is 5.95 Å². The van der Waals surface area contributed by atoms with Gasteiger partial charge in [-0.25, -0.2) is 9.97 Å². The summed E-state index contributed by atoms with van der Waals surface area (Å²) >= 11 is 0. The van der Waals surface area contributed by atoms with Crippen LogP contribution in [-0.2, 0) is 9.59 Å². The monoisotopic (exact) mass is 394 g/mol. The van der Waals surface area contributed by atoms with Crippen LogP contribution in [0.5, 0.6) is 5.75 Å². The van der Waals surface area contributed by atoms with Crippen LogP contribution < -0.4 is 10.1 Å². The molecule has 3 rings (SSSR count). The summed E-state index contributed by atoms with van der Waals surface area (Å²) < 4.78 is 6.47. The Morgan fingerprint density at radius 2 is 1.90 bits per heavy atom. The van der Waals surface area contributed by atoms with E-state index in [2.05, 4.69) is 35.6 Å². The summed E-state index contributed by atoms with van der Waals surface area (Å²) in [6, 6.07) is 7.11. The second-order valence-corrected chi connectivity index (χ2v) is 5.84. The number of Topliss-reactive ketones (excluding diaryl/α,β-unsaturated/α-hetero) is 1. The number of ether oxygens (including phenoxy) is 1. The van der Waals surface area contributed by atoms with Gasteiger partial charge >= 0.3 is 0 Å². The van der Waals surface area contributed by atoms with E-state index < -0.39 is 17.7 Å². The third-order valence-electron chi connectivity index (χ3n) is 3.70. The van der Waals surface area contributed by atoms with Gasteiger partial charge in [0.25, 0.3) is 17.8 Å². The van der Waals surface area contributed by atoms with Gasteiger partial charge in [0.2, 0.25) is 6.04 Å². The molecule has 0 fully saturated rings. The number of nitrogens with one attached hydrogen (secondary N) is 1. The van der Waals surface area contributed by atoms with Gasteiger partial charge in [0.05, 0.1) is 12.8 Å². The molecule has 11 nitrogen and oxygen atoms in total. The Morgan fingerprint density at radius 3 is 2.59 bits per heavy atom. The van der Waals surface area contributed by atoms with Gasteiger partial charge in [-0.15, -0.1) is 10.2 Å². The number of amides is 1. The minimum atomic E-state index is -1.37.